The number of halogens is 2. The number of nitrogens with zero attached hydrogens (tertiary/aromatic N) is 2. The van der Waals surface area contributed by atoms with Gasteiger partial charge in [0.2, 0.25) is 5.91 Å². The van der Waals surface area contributed by atoms with Gasteiger partial charge in [0.1, 0.15) is 5.82 Å². The van der Waals surface area contributed by atoms with Crippen molar-refractivity contribution in [3.8, 4) is 0 Å². The summed E-state index contributed by atoms with van der Waals surface area (Å²) in [6.07, 6.45) is -0.146. The standard InChI is InChI=1S/C18H19ClFN3O4S2/c19-13-5-11(1-2-14(13)20)7-23-3-4-27-12(8-23)6-21-16(24)10-29-18-22-15(9-28-18)17(25)26/h1-2,5,9,12H,3-4,6-8,10H2,(H,21,24)(H,25,26)/t12-/m0/s1. The van der Waals surface area contributed by atoms with E-state index in [1.54, 1.807) is 12.1 Å². The van der Waals surface area contributed by atoms with Crippen molar-refractivity contribution in [2.75, 3.05) is 32.0 Å². The molecule has 1 aromatic carbocycles. The first-order chi connectivity index (χ1) is 13.9. The minimum atomic E-state index is -1.08. The Morgan fingerprint density at radius 1 is 1.48 bits per heavy atom. The fourth-order valence-electron chi connectivity index (χ4n) is 2.77. The van der Waals surface area contributed by atoms with Crippen LogP contribution < -0.4 is 5.32 Å². The zero-order chi connectivity index (χ0) is 20.8. The molecule has 156 valence electrons. The van der Waals surface area contributed by atoms with E-state index in [0.29, 0.717) is 30.6 Å². The molecular weight excluding hydrogens is 441 g/mol. The number of hydrogen-bond donors (Lipinski definition) is 2. The summed E-state index contributed by atoms with van der Waals surface area (Å²) in [4.78, 5) is 29.0. The highest BCUT2D eigenvalue weighted by atomic mass is 35.5. The lowest BCUT2D eigenvalue weighted by Crippen LogP contribution is -2.47. The van der Waals surface area contributed by atoms with Crippen molar-refractivity contribution in [3.05, 3.63) is 45.7 Å². The number of aromatic nitrogens is 1. The minimum absolute atomic E-state index is 0.0175. The normalized spacial score (nSPS) is 17.2. The number of carboxylic acid groups (broad SMARTS) is 1. The Hall–Kier alpha value is -1.72. The Kier molecular flexibility index (Phi) is 7.84. The van der Waals surface area contributed by atoms with Gasteiger partial charge in [0.15, 0.2) is 10.0 Å². The van der Waals surface area contributed by atoms with Gasteiger partial charge in [0.25, 0.3) is 0 Å². The van der Waals surface area contributed by atoms with E-state index in [2.05, 4.69) is 15.2 Å². The first-order valence-corrected chi connectivity index (χ1v) is 11.0. The quantitative estimate of drug-likeness (QED) is 0.586. The number of carbonyl (C=O) groups excluding carboxylic acids is 1. The number of nitrogens with one attached hydrogen (secondary N) is 1. The third-order valence-corrected chi connectivity index (χ3v) is 6.48. The number of morpholine rings is 1. The molecule has 1 aromatic heterocycles. The van der Waals surface area contributed by atoms with Crippen LogP contribution in [0.15, 0.2) is 27.9 Å². The largest absolute Gasteiger partial charge is 0.476 e. The molecule has 0 saturated carbocycles. The van der Waals surface area contributed by atoms with Gasteiger partial charge in [-0.05, 0) is 17.7 Å². The molecule has 0 spiro atoms. The molecule has 1 atom stereocenters. The molecule has 0 unspecified atom stereocenters. The van der Waals surface area contributed by atoms with Gasteiger partial charge in [-0.15, -0.1) is 11.3 Å². The van der Waals surface area contributed by atoms with Crippen LogP contribution in [0.2, 0.25) is 5.02 Å². The molecule has 1 fully saturated rings. The Bertz CT molecular complexity index is 883. The molecule has 2 aromatic rings. The molecule has 0 bridgehead atoms. The van der Waals surface area contributed by atoms with Crippen LogP contribution in [0.4, 0.5) is 4.39 Å². The molecule has 1 aliphatic rings. The number of thiazole rings is 1. The third kappa shape index (κ3) is 6.65. The fourth-order valence-corrected chi connectivity index (χ4v) is 4.60. The summed E-state index contributed by atoms with van der Waals surface area (Å²) < 4.78 is 19.5. The Morgan fingerprint density at radius 3 is 3.03 bits per heavy atom. The van der Waals surface area contributed by atoms with Gasteiger partial charge in [0, 0.05) is 31.6 Å². The van der Waals surface area contributed by atoms with E-state index in [1.165, 1.54) is 34.5 Å². The SMILES string of the molecule is O=C(CSc1nc(C(=O)O)cs1)NC[C@H]1CN(Cc2ccc(F)c(Cl)c2)CCO1. The van der Waals surface area contributed by atoms with Crippen LogP contribution in [0.5, 0.6) is 0 Å². The molecular formula is C18H19ClFN3O4S2. The lowest BCUT2D eigenvalue weighted by Gasteiger charge is -2.33. The highest BCUT2D eigenvalue weighted by Crippen LogP contribution is 2.22. The third-order valence-electron chi connectivity index (χ3n) is 4.17. The van der Waals surface area contributed by atoms with Gasteiger partial charge < -0.3 is 15.2 Å². The summed E-state index contributed by atoms with van der Waals surface area (Å²) >= 11 is 8.23. The van der Waals surface area contributed by atoms with Crippen LogP contribution in [0.1, 0.15) is 16.1 Å². The lowest BCUT2D eigenvalue weighted by molar-refractivity contribution is -0.119. The number of amides is 1. The predicted molar refractivity (Wildman–Crippen MR) is 109 cm³/mol. The van der Waals surface area contributed by atoms with Gasteiger partial charge in [-0.25, -0.2) is 14.2 Å². The van der Waals surface area contributed by atoms with E-state index in [0.717, 1.165) is 12.1 Å². The van der Waals surface area contributed by atoms with Crippen LogP contribution in [-0.2, 0) is 16.1 Å². The Labute approximate surface area is 180 Å². The van der Waals surface area contributed by atoms with Gasteiger partial charge in [-0.3, -0.25) is 9.69 Å². The fraction of sp³-hybridized carbons (Fsp3) is 0.389. The highest BCUT2D eigenvalue weighted by Gasteiger charge is 2.21. The van der Waals surface area contributed by atoms with E-state index >= 15 is 0 Å². The second-order valence-electron chi connectivity index (χ2n) is 6.37. The molecule has 0 radical (unpaired) electrons. The van der Waals surface area contributed by atoms with Crippen molar-refractivity contribution in [2.45, 2.75) is 17.0 Å². The first kappa shape index (κ1) is 22.0. The first-order valence-electron chi connectivity index (χ1n) is 8.77. The zero-order valence-electron chi connectivity index (χ0n) is 15.3. The molecule has 0 aliphatic carbocycles. The maximum Gasteiger partial charge on any atom is 0.355 e. The summed E-state index contributed by atoms with van der Waals surface area (Å²) in [5.74, 6) is -1.54. The molecule has 2 heterocycles. The molecule has 11 heteroatoms. The monoisotopic (exact) mass is 459 g/mol. The van der Waals surface area contributed by atoms with Gasteiger partial charge in [-0.1, -0.05) is 29.4 Å². The Balaban J connectivity index is 1.40. The summed E-state index contributed by atoms with van der Waals surface area (Å²) in [7, 11) is 0. The number of rotatable bonds is 8. The summed E-state index contributed by atoms with van der Waals surface area (Å²) in [6, 6.07) is 4.68. The second kappa shape index (κ2) is 10.4. The van der Waals surface area contributed by atoms with Gasteiger partial charge in [-0.2, -0.15) is 0 Å². The van der Waals surface area contributed by atoms with Crippen molar-refractivity contribution < 1.29 is 23.8 Å². The number of hydrogen-bond acceptors (Lipinski definition) is 7. The molecule has 1 aliphatic heterocycles. The van der Waals surface area contributed by atoms with Crippen molar-refractivity contribution in [1.82, 2.24) is 15.2 Å². The predicted octanol–water partition coefficient (Wildman–Crippen LogP) is 2.74. The molecule has 3 rings (SSSR count). The highest BCUT2D eigenvalue weighted by molar-refractivity contribution is 8.01. The lowest BCUT2D eigenvalue weighted by atomic mass is 10.2. The molecule has 29 heavy (non-hydrogen) atoms. The van der Waals surface area contributed by atoms with Crippen LogP contribution in [0.3, 0.4) is 0 Å². The van der Waals surface area contributed by atoms with Gasteiger partial charge in [0.05, 0.1) is 23.5 Å². The van der Waals surface area contributed by atoms with E-state index < -0.39 is 11.8 Å². The van der Waals surface area contributed by atoms with Crippen molar-refractivity contribution >= 4 is 46.6 Å². The molecule has 1 saturated heterocycles. The van der Waals surface area contributed by atoms with Crippen molar-refractivity contribution in [2.24, 2.45) is 0 Å². The number of aromatic carboxylic acids is 1. The van der Waals surface area contributed by atoms with Crippen LogP contribution in [0.25, 0.3) is 0 Å². The number of carboxylic acids is 1. The minimum Gasteiger partial charge on any atom is -0.476 e. The zero-order valence-corrected chi connectivity index (χ0v) is 17.7. The maximum absolute atomic E-state index is 13.3. The summed E-state index contributed by atoms with van der Waals surface area (Å²) in [5, 5.41) is 13.2. The average Bonchev–Trinajstić information content (AvgIpc) is 3.17. The number of ether oxygens (including phenoxy) is 1. The summed E-state index contributed by atoms with van der Waals surface area (Å²) in [6.45, 7) is 2.92. The number of benzene rings is 1. The van der Waals surface area contributed by atoms with E-state index in [4.69, 9.17) is 21.4 Å². The Morgan fingerprint density at radius 2 is 2.31 bits per heavy atom. The number of thioether (sulfide) groups is 1. The van der Waals surface area contributed by atoms with Crippen LogP contribution >= 0.6 is 34.7 Å². The average molecular weight is 460 g/mol. The van der Waals surface area contributed by atoms with Crippen LogP contribution in [-0.4, -0.2) is 65.0 Å². The smallest absolute Gasteiger partial charge is 0.355 e. The van der Waals surface area contributed by atoms with E-state index in [-0.39, 0.29) is 28.5 Å². The summed E-state index contributed by atoms with van der Waals surface area (Å²) in [5.41, 5.74) is 0.901. The van der Waals surface area contributed by atoms with Gasteiger partial charge >= 0.3 is 5.97 Å². The topological polar surface area (TPSA) is 91.8 Å². The van der Waals surface area contributed by atoms with E-state index in [1.807, 2.05) is 0 Å². The molecule has 2 N–H and O–H groups in total. The van der Waals surface area contributed by atoms with Crippen molar-refractivity contribution in [1.29, 1.82) is 0 Å². The molecule has 1 amide bonds. The maximum atomic E-state index is 13.3. The second-order valence-corrected chi connectivity index (χ2v) is 8.86. The van der Waals surface area contributed by atoms with Crippen molar-refractivity contribution in [3.63, 3.8) is 0 Å². The van der Waals surface area contributed by atoms with Crippen LogP contribution in [0, 0.1) is 5.82 Å². The number of carbonyl (C=O) groups is 2. The van der Waals surface area contributed by atoms with E-state index in [9.17, 15) is 14.0 Å². The molecule has 7 nitrogen and oxygen atoms in total.